The fourth-order valence-electron chi connectivity index (χ4n) is 1.93. The Hall–Kier alpha value is -2.28. The number of nitrogens with two attached hydrogens (primary N) is 2. The van der Waals surface area contributed by atoms with Crippen molar-refractivity contribution < 1.29 is 4.79 Å². The van der Waals surface area contributed by atoms with Crippen LogP contribution < -0.4 is 16.4 Å². The van der Waals surface area contributed by atoms with Gasteiger partial charge in [-0.05, 0) is 24.0 Å². The van der Waals surface area contributed by atoms with Crippen LogP contribution in [0.25, 0.3) is 0 Å². The first-order valence-electron chi connectivity index (χ1n) is 6.32. The van der Waals surface area contributed by atoms with Crippen LogP contribution in [-0.4, -0.2) is 28.7 Å². The summed E-state index contributed by atoms with van der Waals surface area (Å²) in [6.45, 7) is 0.582. The molecule has 1 aromatic carbocycles. The predicted molar refractivity (Wildman–Crippen MR) is 84.9 cm³/mol. The van der Waals surface area contributed by atoms with Crippen molar-refractivity contribution >= 4 is 29.2 Å². The lowest BCUT2D eigenvalue weighted by atomic mass is 10.2. The molecule has 0 radical (unpaired) electrons. The number of benzene rings is 1. The van der Waals surface area contributed by atoms with Crippen LogP contribution in [0.2, 0.25) is 0 Å². The molecule has 2 rings (SSSR count). The van der Waals surface area contributed by atoms with Gasteiger partial charge < -0.3 is 16.4 Å². The molecule has 110 valence electrons. The molecule has 21 heavy (non-hydrogen) atoms. The first-order chi connectivity index (χ1) is 10.1. The summed E-state index contributed by atoms with van der Waals surface area (Å²) in [5, 5.41) is 0.835. The molecule has 0 aliphatic carbocycles. The van der Waals surface area contributed by atoms with E-state index in [4.69, 9.17) is 11.5 Å². The highest BCUT2D eigenvalue weighted by atomic mass is 32.2. The summed E-state index contributed by atoms with van der Waals surface area (Å²) in [4.78, 5) is 21.5. The van der Waals surface area contributed by atoms with E-state index < -0.39 is 5.91 Å². The van der Waals surface area contributed by atoms with Crippen molar-refractivity contribution in [1.82, 2.24) is 9.97 Å². The van der Waals surface area contributed by atoms with Gasteiger partial charge in [-0.25, -0.2) is 9.97 Å². The molecule has 1 heterocycles. The van der Waals surface area contributed by atoms with Crippen LogP contribution in [0.4, 0.5) is 11.5 Å². The highest BCUT2D eigenvalue weighted by molar-refractivity contribution is 7.98. The van der Waals surface area contributed by atoms with Crippen LogP contribution in [0.5, 0.6) is 0 Å². The van der Waals surface area contributed by atoms with E-state index in [0.717, 1.165) is 10.6 Å². The molecule has 7 heteroatoms. The Bertz CT molecular complexity index is 634. The molecule has 1 amide bonds. The molecule has 0 unspecified atom stereocenters. The van der Waals surface area contributed by atoms with E-state index in [9.17, 15) is 4.79 Å². The van der Waals surface area contributed by atoms with Crippen molar-refractivity contribution in [2.45, 2.75) is 11.6 Å². The first-order valence-corrected chi connectivity index (χ1v) is 7.54. The molecular weight excluding hydrogens is 286 g/mol. The van der Waals surface area contributed by atoms with Crippen LogP contribution in [0, 0.1) is 0 Å². The van der Waals surface area contributed by atoms with Gasteiger partial charge >= 0.3 is 0 Å². The minimum atomic E-state index is -0.414. The van der Waals surface area contributed by atoms with E-state index in [2.05, 4.69) is 9.97 Å². The van der Waals surface area contributed by atoms with Gasteiger partial charge in [0.25, 0.3) is 0 Å². The maximum absolute atomic E-state index is 11.3. The van der Waals surface area contributed by atoms with Gasteiger partial charge in [-0.1, -0.05) is 12.1 Å². The van der Waals surface area contributed by atoms with Gasteiger partial charge in [0.1, 0.15) is 17.2 Å². The van der Waals surface area contributed by atoms with Crippen LogP contribution in [0.1, 0.15) is 5.56 Å². The summed E-state index contributed by atoms with van der Waals surface area (Å²) in [5.74, 6) is 0.249. The fraction of sp³-hybridized carbons (Fsp3) is 0.214. The lowest BCUT2D eigenvalue weighted by Gasteiger charge is -2.22. The maximum Gasteiger partial charge on any atom is 0.237 e. The zero-order valence-corrected chi connectivity index (χ0v) is 12.5. The number of hydrogen-bond acceptors (Lipinski definition) is 6. The first kappa shape index (κ1) is 15.1. The minimum absolute atomic E-state index is 0.0830. The van der Waals surface area contributed by atoms with Gasteiger partial charge in [0.05, 0.1) is 6.54 Å². The Morgan fingerprint density at radius 2 is 2.14 bits per heavy atom. The molecular formula is C14H17N5OS. The second-order valence-electron chi connectivity index (χ2n) is 4.49. The number of thioether (sulfide) groups is 1. The smallest absolute Gasteiger partial charge is 0.237 e. The molecule has 6 nitrogen and oxygen atoms in total. The van der Waals surface area contributed by atoms with Gasteiger partial charge in [0.2, 0.25) is 5.91 Å². The van der Waals surface area contributed by atoms with Crippen molar-refractivity contribution in [3.63, 3.8) is 0 Å². The van der Waals surface area contributed by atoms with E-state index >= 15 is 0 Å². The highest BCUT2D eigenvalue weighted by Gasteiger charge is 2.12. The van der Waals surface area contributed by atoms with E-state index in [1.807, 2.05) is 36.6 Å². The predicted octanol–water partition coefficient (Wildman–Crippen LogP) is 1.27. The van der Waals surface area contributed by atoms with Crippen molar-refractivity contribution in [1.29, 1.82) is 0 Å². The third-order valence-corrected chi connectivity index (χ3v) is 3.47. The molecule has 0 aliphatic heterocycles. The lowest BCUT2D eigenvalue weighted by molar-refractivity contribution is -0.116. The molecule has 0 fully saturated rings. The second kappa shape index (κ2) is 6.94. The Kier molecular flexibility index (Phi) is 4.99. The number of primary amides is 1. The molecule has 2 aromatic rings. The van der Waals surface area contributed by atoms with E-state index in [-0.39, 0.29) is 6.54 Å². The SMILES string of the molecule is CSc1cc(N(CC(N)=O)Cc2cccc(N)c2)ncn1. The Balaban J connectivity index is 2.27. The molecule has 4 N–H and O–H groups in total. The van der Waals surface area contributed by atoms with Crippen LogP contribution in [-0.2, 0) is 11.3 Å². The van der Waals surface area contributed by atoms with Crippen molar-refractivity contribution in [2.24, 2.45) is 5.73 Å². The molecule has 0 spiro atoms. The van der Waals surface area contributed by atoms with Gasteiger partial charge in [-0.15, -0.1) is 11.8 Å². The molecule has 0 atom stereocenters. The van der Waals surface area contributed by atoms with Gasteiger partial charge in [0.15, 0.2) is 0 Å². The quantitative estimate of drug-likeness (QED) is 0.474. The van der Waals surface area contributed by atoms with Gasteiger partial charge in [0, 0.05) is 18.3 Å². The molecule has 0 aliphatic rings. The third-order valence-electron chi connectivity index (χ3n) is 2.83. The topological polar surface area (TPSA) is 98.1 Å². The standard InChI is InChI=1S/C14H17N5OS/c1-21-14-6-13(17-9-18-14)19(8-12(16)20)7-10-3-2-4-11(15)5-10/h2-6,9H,7-8,15H2,1H3,(H2,16,20). The van der Waals surface area contributed by atoms with Crippen molar-refractivity contribution in [3.05, 3.63) is 42.2 Å². The van der Waals surface area contributed by atoms with Crippen LogP contribution in [0.15, 0.2) is 41.7 Å². The zero-order valence-electron chi connectivity index (χ0n) is 11.7. The fourth-order valence-corrected chi connectivity index (χ4v) is 2.31. The highest BCUT2D eigenvalue weighted by Crippen LogP contribution is 2.19. The molecule has 0 saturated heterocycles. The van der Waals surface area contributed by atoms with Crippen LogP contribution in [0.3, 0.4) is 0 Å². The summed E-state index contributed by atoms with van der Waals surface area (Å²) in [5.41, 5.74) is 12.8. The summed E-state index contributed by atoms with van der Waals surface area (Å²) in [6, 6.07) is 9.34. The largest absolute Gasteiger partial charge is 0.399 e. The van der Waals surface area contributed by atoms with E-state index in [1.165, 1.54) is 18.1 Å². The lowest BCUT2D eigenvalue weighted by Crippen LogP contribution is -2.34. The third kappa shape index (κ3) is 4.35. The normalized spacial score (nSPS) is 10.3. The van der Waals surface area contributed by atoms with Crippen LogP contribution >= 0.6 is 11.8 Å². The summed E-state index contributed by atoms with van der Waals surface area (Å²) >= 11 is 1.51. The van der Waals surface area contributed by atoms with Crippen molar-refractivity contribution in [3.8, 4) is 0 Å². The minimum Gasteiger partial charge on any atom is -0.399 e. The summed E-state index contributed by atoms with van der Waals surface area (Å²) in [6.07, 6.45) is 3.41. The number of rotatable bonds is 6. The number of hydrogen-bond donors (Lipinski definition) is 2. The number of nitrogen functional groups attached to an aromatic ring is 1. The summed E-state index contributed by atoms with van der Waals surface area (Å²) in [7, 11) is 0. The molecule has 0 bridgehead atoms. The Morgan fingerprint density at radius 3 is 2.81 bits per heavy atom. The average Bonchev–Trinajstić information content (AvgIpc) is 2.46. The number of nitrogens with zero attached hydrogens (tertiary/aromatic N) is 3. The maximum atomic E-state index is 11.3. The zero-order chi connectivity index (χ0) is 15.2. The monoisotopic (exact) mass is 303 g/mol. The number of carbonyl (C=O) groups is 1. The average molecular weight is 303 g/mol. The Labute approximate surface area is 127 Å². The summed E-state index contributed by atoms with van der Waals surface area (Å²) < 4.78 is 0. The second-order valence-corrected chi connectivity index (χ2v) is 5.31. The van der Waals surface area contributed by atoms with E-state index in [1.54, 1.807) is 4.90 Å². The van der Waals surface area contributed by atoms with Gasteiger partial charge in [-0.2, -0.15) is 0 Å². The number of amides is 1. The van der Waals surface area contributed by atoms with E-state index in [0.29, 0.717) is 18.1 Å². The number of aromatic nitrogens is 2. The number of carbonyl (C=O) groups excluding carboxylic acids is 1. The van der Waals surface area contributed by atoms with Gasteiger partial charge in [-0.3, -0.25) is 4.79 Å². The van der Waals surface area contributed by atoms with Crippen molar-refractivity contribution in [2.75, 3.05) is 23.4 Å². The Morgan fingerprint density at radius 1 is 1.33 bits per heavy atom. The number of anilines is 2. The molecule has 0 saturated carbocycles. The molecule has 1 aromatic heterocycles.